The largest absolute Gasteiger partial charge is 0.459 e. The molecule has 0 unspecified atom stereocenters. The van der Waals surface area contributed by atoms with Gasteiger partial charge in [-0.3, -0.25) is 4.79 Å². The minimum Gasteiger partial charge on any atom is -0.459 e. The summed E-state index contributed by atoms with van der Waals surface area (Å²) in [6.07, 6.45) is -0.289. The standard InChI is InChI=1S/C27H28FN3O3S/c1-16(2)34-26(33)24-18(4)30-27-31(25(24)21-12-8-9-13-22(21)28)20(15-35-27)14-23(32)29-17(3)19-10-6-5-7-11-19/h5-13,15-17,25H,14H2,1-4H3,(H,29,32)/t17-,25-/m1/s1. The van der Waals surface area contributed by atoms with Crippen LogP contribution in [0.2, 0.25) is 0 Å². The number of rotatable bonds is 7. The van der Waals surface area contributed by atoms with Crippen molar-refractivity contribution in [1.82, 2.24) is 10.2 Å². The molecule has 8 heteroatoms. The number of hydrogen-bond acceptors (Lipinski definition) is 6. The maximum atomic E-state index is 15.1. The van der Waals surface area contributed by atoms with Crippen LogP contribution >= 0.6 is 11.8 Å². The summed E-state index contributed by atoms with van der Waals surface area (Å²) in [6, 6.07) is 15.1. The van der Waals surface area contributed by atoms with E-state index in [9.17, 15) is 9.59 Å². The first-order chi connectivity index (χ1) is 16.8. The molecule has 0 saturated heterocycles. The third kappa shape index (κ3) is 5.32. The van der Waals surface area contributed by atoms with Crippen LogP contribution in [0.15, 0.2) is 82.0 Å². The summed E-state index contributed by atoms with van der Waals surface area (Å²) >= 11 is 1.35. The predicted molar refractivity (Wildman–Crippen MR) is 136 cm³/mol. The first-order valence-corrected chi connectivity index (χ1v) is 12.4. The average molecular weight is 494 g/mol. The van der Waals surface area contributed by atoms with Gasteiger partial charge in [-0.15, -0.1) is 0 Å². The van der Waals surface area contributed by atoms with Gasteiger partial charge in [-0.05, 0) is 44.7 Å². The summed E-state index contributed by atoms with van der Waals surface area (Å²) in [7, 11) is 0. The molecule has 1 N–H and O–H groups in total. The molecule has 2 aromatic carbocycles. The van der Waals surface area contributed by atoms with Crippen molar-refractivity contribution in [3.8, 4) is 0 Å². The highest BCUT2D eigenvalue weighted by molar-refractivity contribution is 8.16. The lowest BCUT2D eigenvalue weighted by atomic mass is 9.93. The second-order valence-electron chi connectivity index (χ2n) is 8.75. The van der Waals surface area contributed by atoms with Gasteiger partial charge in [0.2, 0.25) is 5.91 Å². The first kappa shape index (κ1) is 24.7. The van der Waals surface area contributed by atoms with E-state index >= 15 is 4.39 Å². The highest BCUT2D eigenvalue weighted by atomic mass is 32.2. The van der Waals surface area contributed by atoms with Gasteiger partial charge in [-0.25, -0.2) is 14.2 Å². The molecule has 0 radical (unpaired) electrons. The molecular weight excluding hydrogens is 465 g/mol. The Labute approximate surface area is 209 Å². The van der Waals surface area contributed by atoms with E-state index in [0.717, 1.165) is 5.56 Å². The Morgan fingerprint density at radius 2 is 1.80 bits per heavy atom. The molecule has 2 aliphatic rings. The number of benzene rings is 2. The second kappa shape index (κ2) is 10.5. The molecule has 6 nitrogen and oxygen atoms in total. The number of amides is 1. The number of aliphatic imine (C=N–C) groups is 1. The number of carbonyl (C=O) groups is 2. The molecule has 2 aromatic rings. The Morgan fingerprint density at radius 1 is 1.11 bits per heavy atom. The maximum Gasteiger partial charge on any atom is 0.338 e. The van der Waals surface area contributed by atoms with Crippen LogP contribution in [0.3, 0.4) is 0 Å². The van der Waals surface area contributed by atoms with Crippen LogP contribution in [0.25, 0.3) is 0 Å². The van der Waals surface area contributed by atoms with Crippen molar-refractivity contribution in [2.45, 2.75) is 52.3 Å². The molecule has 2 aliphatic heterocycles. The monoisotopic (exact) mass is 493 g/mol. The smallest absolute Gasteiger partial charge is 0.338 e. The molecule has 0 aliphatic carbocycles. The minimum absolute atomic E-state index is 0.0553. The lowest BCUT2D eigenvalue weighted by Crippen LogP contribution is -2.39. The van der Waals surface area contributed by atoms with Gasteiger partial charge in [0.15, 0.2) is 5.17 Å². The summed E-state index contributed by atoms with van der Waals surface area (Å²) < 4.78 is 20.6. The van der Waals surface area contributed by atoms with Crippen molar-refractivity contribution in [2.75, 3.05) is 0 Å². The van der Waals surface area contributed by atoms with Gasteiger partial charge in [-0.2, -0.15) is 0 Å². The number of amidine groups is 1. The highest BCUT2D eigenvalue weighted by Crippen LogP contribution is 2.45. The van der Waals surface area contributed by atoms with Gasteiger partial charge in [0, 0.05) is 11.3 Å². The molecule has 0 spiro atoms. The summed E-state index contributed by atoms with van der Waals surface area (Å²) in [5.41, 5.74) is 2.69. The third-order valence-corrected chi connectivity index (χ3v) is 6.67. The second-order valence-corrected chi connectivity index (χ2v) is 9.58. The van der Waals surface area contributed by atoms with E-state index < -0.39 is 17.8 Å². The van der Waals surface area contributed by atoms with E-state index in [1.165, 1.54) is 17.8 Å². The average Bonchev–Trinajstić information content (AvgIpc) is 3.20. The fourth-order valence-electron chi connectivity index (χ4n) is 4.18. The van der Waals surface area contributed by atoms with Gasteiger partial charge < -0.3 is 15.0 Å². The van der Waals surface area contributed by atoms with Crippen molar-refractivity contribution in [3.05, 3.63) is 93.9 Å². The zero-order chi connectivity index (χ0) is 25.1. The number of allylic oxidation sites excluding steroid dienone is 1. The number of ether oxygens (including phenoxy) is 1. The Kier molecular flexibility index (Phi) is 7.40. The molecule has 0 bridgehead atoms. The summed E-state index contributed by atoms with van der Waals surface area (Å²) in [5.74, 6) is -1.17. The number of hydrogen-bond donors (Lipinski definition) is 1. The van der Waals surface area contributed by atoms with Crippen molar-refractivity contribution in [2.24, 2.45) is 4.99 Å². The Hall–Kier alpha value is -3.39. The zero-order valence-corrected chi connectivity index (χ0v) is 20.9. The number of halogens is 1. The van der Waals surface area contributed by atoms with E-state index in [0.29, 0.717) is 22.1 Å². The predicted octanol–water partition coefficient (Wildman–Crippen LogP) is 5.62. The number of nitrogens with zero attached hydrogens (tertiary/aromatic N) is 2. The normalized spacial score (nSPS) is 18.1. The third-order valence-electron chi connectivity index (χ3n) is 5.78. The van der Waals surface area contributed by atoms with E-state index in [1.54, 1.807) is 43.9 Å². The number of nitrogens with one attached hydrogen (secondary N) is 1. The molecular formula is C27H28FN3O3S. The molecule has 0 aromatic heterocycles. The number of fused-ring (bicyclic) bond motifs is 1. The Morgan fingerprint density at radius 3 is 2.49 bits per heavy atom. The fraction of sp³-hybridized carbons (Fsp3) is 0.296. The van der Waals surface area contributed by atoms with E-state index in [2.05, 4.69) is 10.3 Å². The van der Waals surface area contributed by atoms with Crippen LogP contribution in [0.5, 0.6) is 0 Å². The first-order valence-electron chi connectivity index (χ1n) is 11.5. The van der Waals surface area contributed by atoms with E-state index in [4.69, 9.17) is 4.74 Å². The van der Waals surface area contributed by atoms with Gasteiger partial charge >= 0.3 is 5.97 Å². The Bertz CT molecular complexity index is 1220. The number of esters is 1. The maximum absolute atomic E-state index is 15.1. The van der Waals surface area contributed by atoms with Gasteiger partial charge in [0.1, 0.15) is 5.82 Å². The SMILES string of the molecule is CC1=C(C(=O)OC(C)C)[C@@H](c2ccccc2F)N2C(CC(=O)N[C@H](C)c3ccccc3)=CSC2=N1. The van der Waals surface area contributed by atoms with Crippen LogP contribution in [0.4, 0.5) is 4.39 Å². The van der Waals surface area contributed by atoms with Crippen LogP contribution in [-0.2, 0) is 14.3 Å². The van der Waals surface area contributed by atoms with Crippen molar-refractivity contribution in [3.63, 3.8) is 0 Å². The van der Waals surface area contributed by atoms with E-state index in [-0.39, 0.29) is 30.0 Å². The van der Waals surface area contributed by atoms with Gasteiger partial charge in [0.25, 0.3) is 0 Å². The minimum atomic E-state index is -0.796. The topological polar surface area (TPSA) is 71.0 Å². The molecule has 0 saturated carbocycles. The van der Waals surface area contributed by atoms with Crippen LogP contribution < -0.4 is 5.32 Å². The molecule has 0 fully saturated rings. The fourth-order valence-corrected chi connectivity index (χ4v) is 5.15. The molecule has 2 atom stereocenters. The summed E-state index contributed by atoms with van der Waals surface area (Å²) in [6.45, 7) is 7.17. The lowest BCUT2D eigenvalue weighted by Gasteiger charge is -2.36. The van der Waals surface area contributed by atoms with Crippen LogP contribution in [0.1, 0.15) is 57.3 Å². The van der Waals surface area contributed by atoms with Gasteiger partial charge in [0.05, 0.1) is 35.9 Å². The molecule has 35 heavy (non-hydrogen) atoms. The molecule has 182 valence electrons. The summed E-state index contributed by atoms with van der Waals surface area (Å²) in [4.78, 5) is 32.5. The number of carbonyl (C=O) groups excluding carboxylic acids is 2. The quantitative estimate of drug-likeness (QED) is 0.507. The molecule has 1 amide bonds. The van der Waals surface area contributed by atoms with Crippen molar-refractivity contribution in [1.29, 1.82) is 0 Å². The molecule has 4 rings (SSSR count). The zero-order valence-electron chi connectivity index (χ0n) is 20.1. The van der Waals surface area contributed by atoms with Crippen molar-refractivity contribution < 1.29 is 18.7 Å². The highest BCUT2D eigenvalue weighted by Gasteiger charge is 2.42. The number of thioether (sulfide) groups is 1. The Balaban J connectivity index is 1.64. The van der Waals surface area contributed by atoms with E-state index in [1.807, 2.05) is 42.7 Å². The van der Waals surface area contributed by atoms with Crippen LogP contribution in [0, 0.1) is 5.82 Å². The lowest BCUT2D eigenvalue weighted by molar-refractivity contribution is -0.143. The van der Waals surface area contributed by atoms with Crippen molar-refractivity contribution >= 4 is 28.8 Å². The molecule has 2 heterocycles. The summed E-state index contributed by atoms with van der Waals surface area (Å²) in [5, 5.41) is 5.45. The van der Waals surface area contributed by atoms with Gasteiger partial charge in [-0.1, -0.05) is 60.3 Å². The van der Waals surface area contributed by atoms with Crippen LogP contribution in [-0.4, -0.2) is 28.0 Å².